The van der Waals surface area contributed by atoms with Gasteiger partial charge in [0.05, 0.1) is 6.54 Å². The first-order chi connectivity index (χ1) is 9.02. The Balaban J connectivity index is 0.00000361. The van der Waals surface area contributed by atoms with Crippen molar-refractivity contribution in [1.29, 1.82) is 0 Å². The maximum atomic E-state index is 4.58. The van der Waals surface area contributed by atoms with Crippen LogP contribution in [0.15, 0.2) is 29.3 Å². The van der Waals surface area contributed by atoms with Gasteiger partial charge in [-0.15, -0.1) is 24.0 Å². The third-order valence-electron chi connectivity index (χ3n) is 2.64. The van der Waals surface area contributed by atoms with Crippen molar-refractivity contribution in [3.05, 3.63) is 29.8 Å². The Morgan fingerprint density at radius 1 is 1.20 bits per heavy atom. The Morgan fingerprint density at radius 2 is 1.80 bits per heavy atom. The topological polar surface area (TPSA) is 39.7 Å². The molecule has 0 saturated heterocycles. The van der Waals surface area contributed by atoms with E-state index < -0.39 is 0 Å². The van der Waals surface area contributed by atoms with E-state index in [9.17, 15) is 0 Å². The van der Waals surface area contributed by atoms with Crippen molar-refractivity contribution in [3.8, 4) is 0 Å². The van der Waals surface area contributed by atoms with Crippen molar-refractivity contribution in [2.75, 3.05) is 25.5 Å². The SMILES string of the molecule is CCNC(=NCc1ccc(N(C)C)cc1)NC(C)C.I. The fourth-order valence-electron chi connectivity index (χ4n) is 1.66. The molecule has 0 spiro atoms. The molecule has 0 radical (unpaired) electrons. The van der Waals surface area contributed by atoms with Crippen molar-refractivity contribution < 1.29 is 0 Å². The fraction of sp³-hybridized carbons (Fsp3) is 0.533. The summed E-state index contributed by atoms with van der Waals surface area (Å²) in [4.78, 5) is 6.67. The number of rotatable bonds is 5. The molecular weight excluding hydrogens is 363 g/mol. The molecule has 1 aromatic carbocycles. The number of guanidine groups is 1. The van der Waals surface area contributed by atoms with Gasteiger partial charge in [0.25, 0.3) is 0 Å². The van der Waals surface area contributed by atoms with E-state index in [1.165, 1.54) is 11.3 Å². The summed E-state index contributed by atoms with van der Waals surface area (Å²) in [5.74, 6) is 0.870. The summed E-state index contributed by atoms with van der Waals surface area (Å²) in [5.41, 5.74) is 2.42. The quantitative estimate of drug-likeness (QED) is 0.462. The van der Waals surface area contributed by atoms with Crippen molar-refractivity contribution in [2.24, 2.45) is 4.99 Å². The molecule has 0 aromatic heterocycles. The molecule has 0 fully saturated rings. The monoisotopic (exact) mass is 390 g/mol. The summed E-state index contributed by atoms with van der Waals surface area (Å²) in [5, 5.41) is 6.56. The van der Waals surface area contributed by atoms with Crippen molar-refractivity contribution in [2.45, 2.75) is 33.4 Å². The number of nitrogens with one attached hydrogen (secondary N) is 2. The van der Waals surface area contributed by atoms with Crippen molar-refractivity contribution in [1.82, 2.24) is 10.6 Å². The molecule has 0 unspecified atom stereocenters. The molecule has 0 saturated carbocycles. The second-order valence-electron chi connectivity index (χ2n) is 5.06. The average molecular weight is 390 g/mol. The molecule has 0 aliphatic carbocycles. The van der Waals surface area contributed by atoms with Crippen LogP contribution in [0.25, 0.3) is 0 Å². The predicted octanol–water partition coefficient (Wildman–Crippen LogP) is 2.83. The standard InChI is InChI=1S/C15H26N4.HI/c1-6-16-15(18-12(2)3)17-11-13-7-9-14(10-8-13)19(4)5;/h7-10,12H,6,11H2,1-5H3,(H2,16,17,18);1H. The zero-order chi connectivity index (χ0) is 14.3. The van der Waals surface area contributed by atoms with Gasteiger partial charge in [0.2, 0.25) is 0 Å². The zero-order valence-corrected chi connectivity index (χ0v) is 15.4. The van der Waals surface area contributed by atoms with E-state index in [-0.39, 0.29) is 24.0 Å². The molecule has 0 aliphatic rings. The van der Waals surface area contributed by atoms with E-state index >= 15 is 0 Å². The highest BCUT2D eigenvalue weighted by Crippen LogP contribution is 2.12. The fourth-order valence-corrected chi connectivity index (χ4v) is 1.66. The van der Waals surface area contributed by atoms with Gasteiger partial charge >= 0.3 is 0 Å². The van der Waals surface area contributed by atoms with Gasteiger partial charge in [0.1, 0.15) is 0 Å². The van der Waals surface area contributed by atoms with Crippen LogP contribution in [0.2, 0.25) is 0 Å². The van der Waals surface area contributed by atoms with E-state index in [1.54, 1.807) is 0 Å². The Kier molecular flexibility index (Phi) is 9.37. The maximum absolute atomic E-state index is 4.58. The second-order valence-corrected chi connectivity index (χ2v) is 5.06. The highest BCUT2D eigenvalue weighted by Gasteiger charge is 2.00. The molecule has 1 rings (SSSR count). The van der Waals surface area contributed by atoms with Crippen LogP contribution in [0.5, 0.6) is 0 Å². The molecule has 0 amide bonds. The van der Waals surface area contributed by atoms with Crippen LogP contribution in [0, 0.1) is 0 Å². The first kappa shape index (κ1) is 19.0. The Hall–Kier alpha value is -0.980. The Labute approximate surface area is 140 Å². The van der Waals surface area contributed by atoms with E-state index in [0.29, 0.717) is 12.6 Å². The van der Waals surface area contributed by atoms with Crippen LogP contribution >= 0.6 is 24.0 Å². The largest absolute Gasteiger partial charge is 0.378 e. The molecule has 1 aromatic rings. The lowest BCUT2D eigenvalue weighted by Gasteiger charge is -2.14. The lowest BCUT2D eigenvalue weighted by Crippen LogP contribution is -2.40. The van der Waals surface area contributed by atoms with E-state index in [1.807, 2.05) is 14.1 Å². The normalized spacial score (nSPS) is 11.0. The van der Waals surface area contributed by atoms with Crippen LogP contribution in [0.4, 0.5) is 5.69 Å². The molecule has 0 heterocycles. The second kappa shape index (κ2) is 9.85. The molecule has 114 valence electrons. The van der Waals surface area contributed by atoms with Gasteiger partial charge < -0.3 is 15.5 Å². The van der Waals surface area contributed by atoms with Crippen LogP contribution < -0.4 is 15.5 Å². The number of aliphatic imine (C=N–C) groups is 1. The van der Waals surface area contributed by atoms with Crippen LogP contribution in [-0.2, 0) is 6.54 Å². The van der Waals surface area contributed by atoms with Crippen molar-refractivity contribution >= 4 is 35.6 Å². The number of nitrogens with zero attached hydrogens (tertiary/aromatic N) is 2. The van der Waals surface area contributed by atoms with Gasteiger partial charge in [-0.2, -0.15) is 0 Å². The number of anilines is 1. The molecule has 5 heteroatoms. The molecule has 4 nitrogen and oxygen atoms in total. The number of hydrogen-bond acceptors (Lipinski definition) is 2. The van der Waals surface area contributed by atoms with E-state index in [2.05, 4.69) is 65.6 Å². The van der Waals surface area contributed by atoms with Crippen LogP contribution in [0.1, 0.15) is 26.3 Å². The lowest BCUT2D eigenvalue weighted by atomic mass is 10.2. The minimum Gasteiger partial charge on any atom is -0.378 e. The van der Waals surface area contributed by atoms with Gasteiger partial charge in [0, 0.05) is 32.4 Å². The van der Waals surface area contributed by atoms with Gasteiger partial charge in [-0.3, -0.25) is 0 Å². The number of halogens is 1. The molecule has 20 heavy (non-hydrogen) atoms. The smallest absolute Gasteiger partial charge is 0.191 e. The first-order valence-electron chi connectivity index (χ1n) is 6.84. The predicted molar refractivity (Wildman–Crippen MR) is 99.3 cm³/mol. The summed E-state index contributed by atoms with van der Waals surface area (Å²) < 4.78 is 0. The summed E-state index contributed by atoms with van der Waals surface area (Å²) in [6.07, 6.45) is 0. The van der Waals surface area contributed by atoms with Gasteiger partial charge in [0.15, 0.2) is 5.96 Å². The molecule has 2 N–H and O–H groups in total. The molecule has 0 atom stereocenters. The average Bonchev–Trinajstić information content (AvgIpc) is 2.36. The van der Waals surface area contributed by atoms with Gasteiger partial charge in [-0.05, 0) is 38.5 Å². The number of hydrogen-bond donors (Lipinski definition) is 2. The van der Waals surface area contributed by atoms with Crippen LogP contribution in [-0.4, -0.2) is 32.6 Å². The minimum atomic E-state index is 0. The van der Waals surface area contributed by atoms with E-state index in [0.717, 1.165) is 12.5 Å². The number of benzene rings is 1. The molecular formula is C15H27IN4. The van der Waals surface area contributed by atoms with Gasteiger partial charge in [-0.1, -0.05) is 12.1 Å². The summed E-state index contributed by atoms with van der Waals surface area (Å²) in [6, 6.07) is 8.87. The van der Waals surface area contributed by atoms with Gasteiger partial charge in [-0.25, -0.2) is 4.99 Å². The zero-order valence-electron chi connectivity index (χ0n) is 13.1. The molecule has 0 aliphatic heterocycles. The maximum Gasteiger partial charge on any atom is 0.191 e. The summed E-state index contributed by atoms with van der Waals surface area (Å²) in [6.45, 7) is 7.86. The minimum absolute atomic E-state index is 0. The van der Waals surface area contributed by atoms with E-state index in [4.69, 9.17) is 0 Å². The highest BCUT2D eigenvalue weighted by atomic mass is 127. The summed E-state index contributed by atoms with van der Waals surface area (Å²) >= 11 is 0. The molecule has 0 bridgehead atoms. The van der Waals surface area contributed by atoms with Crippen LogP contribution in [0.3, 0.4) is 0 Å². The highest BCUT2D eigenvalue weighted by molar-refractivity contribution is 14.0. The summed E-state index contributed by atoms with van der Waals surface area (Å²) in [7, 11) is 4.09. The lowest BCUT2D eigenvalue weighted by molar-refractivity contribution is 0.700. The third kappa shape index (κ3) is 6.98. The third-order valence-corrected chi connectivity index (χ3v) is 2.64. The Morgan fingerprint density at radius 3 is 2.25 bits per heavy atom. The first-order valence-corrected chi connectivity index (χ1v) is 6.84. The Bertz CT molecular complexity index is 399. The van der Waals surface area contributed by atoms with Crippen molar-refractivity contribution in [3.63, 3.8) is 0 Å².